The number of allylic oxidation sites excluding steroid dienone is 2. The van der Waals surface area contributed by atoms with Crippen LogP contribution >= 0.6 is 22.9 Å². The number of aliphatic carboxylic acids is 1. The van der Waals surface area contributed by atoms with E-state index in [1.807, 2.05) is 29.7 Å². The summed E-state index contributed by atoms with van der Waals surface area (Å²) in [5.41, 5.74) is 1.03. The molecule has 5 unspecified atom stereocenters. The third kappa shape index (κ3) is 7.33. The fourth-order valence-electron chi connectivity index (χ4n) is 3.60. The van der Waals surface area contributed by atoms with Crippen LogP contribution < -0.4 is 0 Å². The van der Waals surface area contributed by atoms with Gasteiger partial charge >= 0.3 is 5.97 Å². The first kappa shape index (κ1) is 23.1. The number of carboxylic acid groups (broad SMARTS) is 1. The molecule has 0 aromatic carbocycles. The highest BCUT2D eigenvalue weighted by molar-refractivity contribution is 7.14. The molecule has 5 atom stereocenters. The molecule has 1 fully saturated rings. The van der Waals surface area contributed by atoms with E-state index in [0.717, 1.165) is 9.90 Å². The second kappa shape index (κ2) is 11.7. The van der Waals surface area contributed by atoms with E-state index in [2.05, 4.69) is 0 Å². The van der Waals surface area contributed by atoms with E-state index in [1.165, 1.54) is 11.3 Å². The van der Waals surface area contributed by atoms with Gasteiger partial charge in [-0.05, 0) is 55.0 Å². The van der Waals surface area contributed by atoms with Gasteiger partial charge in [-0.2, -0.15) is 0 Å². The Morgan fingerprint density at radius 1 is 1.32 bits per heavy atom. The van der Waals surface area contributed by atoms with Crippen molar-refractivity contribution in [2.75, 3.05) is 0 Å². The van der Waals surface area contributed by atoms with Crippen molar-refractivity contribution in [3.63, 3.8) is 0 Å². The number of aliphatic hydroxyl groups excluding tert-OH is 3. The van der Waals surface area contributed by atoms with Crippen LogP contribution in [0.15, 0.2) is 35.8 Å². The Bertz CT molecular complexity index is 672. The number of aliphatic hydroxyl groups is 3. The molecule has 0 aliphatic heterocycles. The number of aryl methyl sites for hydroxylation is 1. The van der Waals surface area contributed by atoms with E-state index < -0.39 is 24.3 Å². The maximum Gasteiger partial charge on any atom is 0.303 e. The van der Waals surface area contributed by atoms with Gasteiger partial charge < -0.3 is 20.4 Å². The molecule has 0 spiro atoms. The summed E-state index contributed by atoms with van der Waals surface area (Å²) in [5, 5.41) is 41.3. The Morgan fingerprint density at radius 3 is 2.79 bits per heavy atom. The number of thiophene rings is 1. The first-order valence-corrected chi connectivity index (χ1v) is 11.0. The molecule has 1 aliphatic rings. The fraction of sp³-hybridized carbons (Fsp3) is 0.571. The Labute approximate surface area is 175 Å². The molecular formula is C21H29ClO5S. The molecule has 0 bridgehead atoms. The fourth-order valence-corrected chi connectivity index (χ4v) is 4.59. The molecule has 0 radical (unpaired) electrons. The summed E-state index contributed by atoms with van der Waals surface area (Å²) < 4.78 is 0.751. The highest BCUT2D eigenvalue weighted by Crippen LogP contribution is 2.36. The second-order valence-corrected chi connectivity index (χ2v) is 8.83. The van der Waals surface area contributed by atoms with Gasteiger partial charge in [-0.25, -0.2) is 0 Å². The lowest BCUT2D eigenvalue weighted by molar-refractivity contribution is -0.137. The summed E-state index contributed by atoms with van der Waals surface area (Å²) in [6.45, 7) is 0. The normalized spacial score (nSPS) is 26.4. The quantitative estimate of drug-likeness (QED) is 0.317. The zero-order valence-electron chi connectivity index (χ0n) is 15.8. The standard InChI is InChI=1S/C21H29ClO5S/c22-21-14(11-12-28-21)7-8-15(23)9-10-17-16(18(24)13-19(17)25)5-3-1-2-4-6-20(26)27/h1,3,9-12,15-19,23-25H,2,4-8,13H2,(H,26,27)/b3-1+,10-9+. The van der Waals surface area contributed by atoms with Crippen LogP contribution in [0.25, 0.3) is 0 Å². The first-order valence-electron chi connectivity index (χ1n) is 9.69. The summed E-state index contributed by atoms with van der Waals surface area (Å²) in [6.07, 6.45) is 9.15. The Balaban J connectivity index is 1.82. The van der Waals surface area contributed by atoms with Crippen molar-refractivity contribution in [1.82, 2.24) is 0 Å². The van der Waals surface area contributed by atoms with E-state index >= 15 is 0 Å². The zero-order valence-corrected chi connectivity index (χ0v) is 17.4. The van der Waals surface area contributed by atoms with Gasteiger partial charge in [0.1, 0.15) is 0 Å². The predicted molar refractivity (Wildman–Crippen MR) is 112 cm³/mol. The summed E-state index contributed by atoms with van der Waals surface area (Å²) in [4.78, 5) is 10.5. The number of hydrogen-bond donors (Lipinski definition) is 4. The maximum absolute atomic E-state index is 10.5. The van der Waals surface area contributed by atoms with Crippen molar-refractivity contribution >= 4 is 28.9 Å². The number of carbonyl (C=O) groups is 1. The molecule has 4 N–H and O–H groups in total. The molecule has 7 heteroatoms. The third-order valence-corrected chi connectivity index (χ3v) is 6.46. The number of carboxylic acids is 1. The number of hydrogen-bond acceptors (Lipinski definition) is 5. The molecular weight excluding hydrogens is 400 g/mol. The molecule has 1 heterocycles. The highest BCUT2D eigenvalue weighted by atomic mass is 35.5. The van der Waals surface area contributed by atoms with E-state index in [4.69, 9.17) is 16.7 Å². The number of rotatable bonds is 11. The van der Waals surface area contributed by atoms with Crippen molar-refractivity contribution in [2.45, 2.75) is 63.3 Å². The van der Waals surface area contributed by atoms with E-state index in [1.54, 1.807) is 6.08 Å². The van der Waals surface area contributed by atoms with Crippen LogP contribution in [-0.4, -0.2) is 44.7 Å². The average Bonchev–Trinajstić information content (AvgIpc) is 3.16. The predicted octanol–water partition coefficient (Wildman–Crippen LogP) is 3.81. The van der Waals surface area contributed by atoms with E-state index in [-0.39, 0.29) is 18.3 Å². The molecule has 156 valence electrons. The molecule has 0 amide bonds. The van der Waals surface area contributed by atoms with Gasteiger partial charge in [0.05, 0.1) is 22.6 Å². The Morgan fingerprint density at radius 2 is 2.11 bits per heavy atom. The van der Waals surface area contributed by atoms with Gasteiger partial charge in [-0.15, -0.1) is 11.3 Å². The Kier molecular flexibility index (Phi) is 9.68. The Hall–Kier alpha value is -1.18. The van der Waals surface area contributed by atoms with Crippen molar-refractivity contribution < 1.29 is 25.2 Å². The van der Waals surface area contributed by atoms with Crippen LogP contribution in [0.5, 0.6) is 0 Å². The highest BCUT2D eigenvalue weighted by Gasteiger charge is 2.39. The largest absolute Gasteiger partial charge is 0.481 e. The monoisotopic (exact) mass is 428 g/mol. The molecule has 5 nitrogen and oxygen atoms in total. The topological polar surface area (TPSA) is 98.0 Å². The van der Waals surface area contributed by atoms with Crippen LogP contribution in [-0.2, 0) is 11.2 Å². The molecule has 28 heavy (non-hydrogen) atoms. The lowest BCUT2D eigenvalue weighted by Crippen LogP contribution is -2.20. The minimum Gasteiger partial charge on any atom is -0.481 e. The number of halogens is 1. The van der Waals surface area contributed by atoms with Crippen LogP contribution in [0.3, 0.4) is 0 Å². The van der Waals surface area contributed by atoms with Crippen molar-refractivity contribution in [3.05, 3.63) is 45.7 Å². The summed E-state index contributed by atoms with van der Waals surface area (Å²) in [5.74, 6) is -1.12. The minimum absolute atomic E-state index is 0.111. The molecule has 0 saturated heterocycles. The molecule has 1 saturated carbocycles. The van der Waals surface area contributed by atoms with Crippen molar-refractivity contribution in [1.29, 1.82) is 0 Å². The van der Waals surface area contributed by atoms with Gasteiger partial charge in [0, 0.05) is 18.8 Å². The SMILES string of the molecule is O=C(O)CCC/C=C/CC1C(O)CC(O)C1/C=C/C(O)CCc1ccsc1Cl. The smallest absolute Gasteiger partial charge is 0.303 e. The first-order chi connectivity index (χ1) is 13.4. The van der Waals surface area contributed by atoms with Crippen molar-refractivity contribution in [2.24, 2.45) is 11.8 Å². The van der Waals surface area contributed by atoms with Crippen LogP contribution in [0.1, 0.15) is 44.1 Å². The zero-order chi connectivity index (χ0) is 20.5. The van der Waals surface area contributed by atoms with E-state index in [9.17, 15) is 20.1 Å². The van der Waals surface area contributed by atoms with Gasteiger partial charge in [0.2, 0.25) is 0 Å². The summed E-state index contributed by atoms with van der Waals surface area (Å²) in [7, 11) is 0. The minimum atomic E-state index is -0.798. The van der Waals surface area contributed by atoms with Gasteiger partial charge in [-0.3, -0.25) is 4.79 Å². The summed E-state index contributed by atoms with van der Waals surface area (Å²) in [6, 6.07) is 1.96. The van der Waals surface area contributed by atoms with Crippen LogP contribution in [0, 0.1) is 11.8 Å². The van der Waals surface area contributed by atoms with Crippen molar-refractivity contribution in [3.8, 4) is 0 Å². The molecule has 1 aliphatic carbocycles. The number of unbranched alkanes of at least 4 members (excludes halogenated alkanes) is 1. The lowest BCUT2D eigenvalue weighted by Gasteiger charge is -2.19. The van der Waals surface area contributed by atoms with Gasteiger partial charge in [0.25, 0.3) is 0 Å². The van der Waals surface area contributed by atoms with Crippen LogP contribution in [0.2, 0.25) is 4.34 Å². The molecule has 2 rings (SSSR count). The maximum atomic E-state index is 10.5. The summed E-state index contributed by atoms with van der Waals surface area (Å²) >= 11 is 7.55. The molecule has 1 aromatic rings. The third-order valence-electron chi connectivity index (χ3n) is 5.21. The lowest BCUT2D eigenvalue weighted by atomic mass is 9.89. The average molecular weight is 429 g/mol. The van der Waals surface area contributed by atoms with Gasteiger partial charge in [-0.1, -0.05) is 35.9 Å². The second-order valence-electron chi connectivity index (χ2n) is 7.32. The van der Waals surface area contributed by atoms with Gasteiger partial charge in [0.15, 0.2) is 0 Å². The van der Waals surface area contributed by atoms with E-state index in [0.29, 0.717) is 38.5 Å². The molecule has 1 aromatic heterocycles. The van der Waals surface area contributed by atoms with Crippen LogP contribution in [0.4, 0.5) is 0 Å².